The van der Waals surface area contributed by atoms with Gasteiger partial charge in [0.2, 0.25) is 5.91 Å². The van der Waals surface area contributed by atoms with Gasteiger partial charge in [0.05, 0.1) is 6.04 Å². The van der Waals surface area contributed by atoms with Gasteiger partial charge in [0.1, 0.15) is 0 Å². The van der Waals surface area contributed by atoms with E-state index < -0.39 is 6.04 Å². The van der Waals surface area contributed by atoms with Gasteiger partial charge in [-0.2, -0.15) is 0 Å². The molecule has 0 aromatic rings. The first kappa shape index (κ1) is 16.4. The van der Waals surface area contributed by atoms with Crippen molar-refractivity contribution < 1.29 is 9.53 Å². The van der Waals surface area contributed by atoms with Crippen LogP contribution in [0.3, 0.4) is 0 Å². The number of amides is 1. The number of likely N-dealkylation sites (tertiary alicyclic amines) is 1. The Labute approximate surface area is 116 Å². The van der Waals surface area contributed by atoms with Gasteiger partial charge in [0, 0.05) is 38.9 Å². The van der Waals surface area contributed by atoms with Crippen LogP contribution in [-0.2, 0) is 9.53 Å². The van der Waals surface area contributed by atoms with Gasteiger partial charge in [0.15, 0.2) is 0 Å². The van der Waals surface area contributed by atoms with Crippen molar-refractivity contribution in [2.45, 2.75) is 45.7 Å². The molecule has 1 saturated heterocycles. The zero-order chi connectivity index (χ0) is 14.3. The molecule has 19 heavy (non-hydrogen) atoms. The molecule has 0 aromatic carbocycles. The standard InChI is InChI=1S/C14H29N3O2/c1-4-19-9-5-7-17-8-6-13(11(2)10-17)16-14(18)12(3)15/h11-13H,4-10,15H2,1-3H3,(H,16,18). The molecule has 5 nitrogen and oxygen atoms in total. The topological polar surface area (TPSA) is 67.6 Å². The van der Waals surface area contributed by atoms with Crippen molar-refractivity contribution in [2.24, 2.45) is 11.7 Å². The summed E-state index contributed by atoms with van der Waals surface area (Å²) in [5.74, 6) is 0.435. The van der Waals surface area contributed by atoms with Crippen molar-refractivity contribution in [3.05, 3.63) is 0 Å². The summed E-state index contributed by atoms with van der Waals surface area (Å²) in [7, 11) is 0. The zero-order valence-corrected chi connectivity index (χ0v) is 12.5. The van der Waals surface area contributed by atoms with E-state index in [1.807, 2.05) is 6.92 Å². The molecular weight excluding hydrogens is 242 g/mol. The lowest BCUT2D eigenvalue weighted by atomic mass is 9.93. The molecule has 0 saturated carbocycles. The van der Waals surface area contributed by atoms with E-state index >= 15 is 0 Å². The quantitative estimate of drug-likeness (QED) is 0.665. The number of hydrogen-bond donors (Lipinski definition) is 2. The lowest BCUT2D eigenvalue weighted by Gasteiger charge is -2.37. The predicted molar refractivity (Wildman–Crippen MR) is 76.9 cm³/mol. The minimum absolute atomic E-state index is 0.0401. The fraction of sp³-hybridized carbons (Fsp3) is 0.929. The highest BCUT2D eigenvalue weighted by Gasteiger charge is 2.27. The van der Waals surface area contributed by atoms with Gasteiger partial charge < -0.3 is 20.7 Å². The first-order chi connectivity index (χ1) is 9.04. The van der Waals surface area contributed by atoms with Crippen LogP contribution in [0.5, 0.6) is 0 Å². The largest absolute Gasteiger partial charge is 0.382 e. The van der Waals surface area contributed by atoms with Crippen molar-refractivity contribution in [3.8, 4) is 0 Å². The second-order valence-corrected chi connectivity index (χ2v) is 5.52. The summed E-state index contributed by atoms with van der Waals surface area (Å²) in [5, 5.41) is 3.05. The predicted octanol–water partition coefficient (Wildman–Crippen LogP) is 0.587. The molecular formula is C14H29N3O2. The summed E-state index contributed by atoms with van der Waals surface area (Å²) in [6.45, 7) is 10.7. The Kier molecular flexibility index (Phi) is 7.34. The molecule has 1 aliphatic heterocycles. The Morgan fingerprint density at radius 2 is 2.32 bits per heavy atom. The van der Waals surface area contributed by atoms with E-state index in [0.717, 1.165) is 45.7 Å². The van der Waals surface area contributed by atoms with Crippen molar-refractivity contribution in [1.82, 2.24) is 10.2 Å². The maximum absolute atomic E-state index is 11.6. The molecule has 1 fully saturated rings. The highest BCUT2D eigenvalue weighted by atomic mass is 16.5. The molecule has 0 aromatic heterocycles. The van der Waals surface area contributed by atoms with E-state index in [1.165, 1.54) is 0 Å². The Hall–Kier alpha value is -0.650. The average Bonchev–Trinajstić information content (AvgIpc) is 2.37. The third kappa shape index (κ3) is 5.89. The van der Waals surface area contributed by atoms with Gasteiger partial charge in [-0.1, -0.05) is 6.92 Å². The molecule has 1 heterocycles. The molecule has 0 radical (unpaired) electrons. The number of carbonyl (C=O) groups excluding carboxylic acids is 1. The lowest BCUT2D eigenvalue weighted by molar-refractivity contribution is -0.123. The monoisotopic (exact) mass is 271 g/mol. The van der Waals surface area contributed by atoms with Gasteiger partial charge in [-0.15, -0.1) is 0 Å². The van der Waals surface area contributed by atoms with Crippen LogP contribution in [0.4, 0.5) is 0 Å². The fourth-order valence-corrected chi connectivity index (χ4v) is 2.50. The second-order valence-electron chi connectivity index (χ2n) is 5.52. The summed E-state index contributed by atoms with van der Waals surface area (Å²) >= 11 is 0. The van der Waals surface area contributed by atoms with E-state index in [2.05, 4.69) is 17.1 Å². The number of piperidine rings is 1. The van der Waals surface area contributed by atoms with Crippen molar-refractivity contribution >= 4 is 5.91 Å². The first-order valence-electron chi connectivity index (χ1n) is 7.40. The van der Waals surface area contributed by atoms with Crippen LogP contribution in [0.2, 0.25) is 0 Å². The smallest absolute Gasteiger partial charge is 0.236 e. The molecule has 3 N–H and O–H groups in total. The number of nitrogens with zero attached hydrogens (tertiary/aromatic N) is 1. The van der Waals surface area contributed by atoms with Gasteiger partial charge in [-0.05, 0) is 32.6 Å². The first-order valence-corrected chi connectivity index (χ1v) is 7.40. The molecule has 1 rings (SSSR count). The highest BCUT2D eigenvalue weighted by Crippen LogP contribution is 2.17. The number of nitrogens with two attached hydrogens (primary N) is 1. The molecule has 1 amide bonds. The zero-order valence-electron chi connectivity index (χ0n) is 12.5. The van der Waals surface area contributed by atoms with Crippen LogP contribution in [0.1, 0.15) is 33.6 Å². The second kappa shape index (κ2) is 8.51. The molecule has 3 atom stereocenters. The third-order valence-corrected chi connectivity index (χ3v) is 3.70. The normalized spacial score (nSPS) is 26.1. The maximum atomic E-state index is 11.6. The van der Waals surface area contributed by atoms with E-state index in [4.69, 9.17) is 10.5 Å². The number of rotatable bonds is 7. The Morgan fingerprint density at radius 3 is 2.89 bits per heavy atom. The van der Waals surface area contributed by atoms with Crippen LogP contribution >= 0.6 is 0 Å². The van der Waals surface area contributed by atoms with E-state index in [-0.39, 0.29) is 11.9 Å². The minimum atomic E-state index is -0.420. The number of nitrogens with one attached hydrogen (secondary N) is 1. The lowest BCUT2D eigenvalue weighted by Crippen LogP contribution is -2.53. The SMILES string of the molecule is CCOCCCN1CCC(NC(=O)C(C)N)C(C)C1. The van der Waals surface area contributed by atoms with Gasteiger partial charge >= 0.3 is 0 Å². The van der Waals surface area contributed by atoms with Crippen LogP contribution in [0.15, 0.2) is 0 Å². The summed E-state index contributed by atoms with van der Waals surface area (Å²) in [5.41, 5.74) is 5.58. The van der Waals surface area contributed by atoms with Crippen molar-refractivity contribution in [1.29, 1.82) is 0 Å². The van der Waals surface area contributed by atoms with Gasteiger partial charge in [-0.3, -0.25) is 4.79 Å². The van der Waals surface area contributed by atoms with Crippen LogP contribution in [0.25, 0.3) is 0 Å². The van der Waals surface area contributed by atoms with Gasteiger partial charge in [-0.25, -0.2) is 0 Å². The van der Waals surface area contributed by atoms with E-state index in [9.17, 15) is 4.79 Å². The van der Waals surface area contributed by atoms with Crippen LogP contribution in [0, 0.1) is 5.92 Å². The number of hydrogen-bond acceptors (Lipinski definition) is 4. The molecule has 0 bridgehead atoms. The van der Waals surface area contributed by atoms with E-state index in [1.54, 1.807) is 6.92 Å². The minimum Gasteiger partial charge on any atom is -0.382 e. The van der Waals surface area contributed by atoms with Crippen LogP contribution in [-0.4, -0.2) is 55.7 Å². The Bertz CT molecular complexity index is 271. The summed E-state index contributed by atoms with van der Waals surface area (Å²) in [6, 6.07) is -0.155. The summed E-state index contributed by atoms with van der Waals surface area (Å²) < 4.78 is 5.35. The number of carbonyl (C=O) groups is 1. The van der Waals surface area contributed by atoms with E-state index in [0.29, 0.717) is 5.92 Å². The Balaban J connectivity index is 2.25. The van der Waals surface area contributed by atoms with Crippen molar-refractivity contribution in [2.75, 3.05) is 32.8 Å². The summed E-state index contributed by atoms with van der Waals surface area (Å²) in [6.07, 6.45) is 2.09. The average molecular weight is 271 g/mol. The van der Waals surface area contributed by atoms with Crippen molar-refractivity contribution in [3.63, 3.8) is 0 Å². The molecule has 1 aliphatic rings. The summed E-state index contributed by atoms with van der Waals surface area (Å²) in [4.78, 5) is 14.1. The van der Waals surface area contributed by atoms with Crippen LogP contribution < -0.4 is 11.1 Å². The van der Waals surface area contributed by atoms with Gasteiger partial charge in [0.25, 0.3) is 0 Å². The molecule has 3 unspecified atom stereocenters. The molecule has 0 spiro atoms. The Morgan fingerprint density at radius 1 is 1.58 bits per heavy atom. The molecule has 0 aliphatic carbocycles. The molecule has 112 valence electrons. The fourth-order valence-electron chi connectivity index (χ4n) is 2.50. The maximum Gasteiger partial charge on any atom is 0.236 e. The third-order valence-electron chi connectivity index (χ3n) is 3.70. The highest BCUT2D eigenvalue weighted by molar-refractivity contribution is 5.81. The molecule has 5 heteroatoms. The number of ether oxygens (including phenoxy) is 1.